The van der Waals surface area contributed by atoms with E-state index in [9.17, 15) is 0 Å². The zero-order chi connectivity index (χ0) is 14.9. The molecule has 0 atom stereocenters. The van der Waals surface area contributed by atoms with Crippen molar-refractivity contribution in [2.24, 2.45) is 0 Å². The highest BCUT2D eigenvalue weighted by molar-refractivity contribution is 5.29. The molecule has 2 aromatic rings. The Labute approximate surface area is 128 Å². The van der Waals surface area contributed by atoms with E-state index in [4.69, 9.17) is 0 Å². The summed E-state index contributed by atoms with van der Waals surface area (Å²) in [5, 5.41) is 0. The lowest BCUT2D eigenvalue weighted by molar-refractivity contribution is 0.374. The first-order valence-corrected chi connectivity index (χ1v) is 7.44. The van der Waals surface area contributed by atoms with Gasteiger partial charge in [-0.25, -0.2) is 0 Å². The van der Waals surface area contributed by atoms with Crippen LogP contribution < -0.4 is 0 Å². The molecule has 1 heterocycles. The maximum Gasteiger partial charge on any atom is 0.0287 e. The Morgan fingerprint density at radius 2 is 1.24 bits per heavy atom. The lowest BCUT2D eigenvalue weighted by Crippen LogP contribution is -2.24. The van der Waals surface area contributed by atoms with Crippen LogP contribution in [-0.2, 0) is 12.8 Å². The molecule has 0 spiro atoms. The lowest BCUT2D eigenvalue weighted by atomic mass is 10.0. The Hall–Kier alpha value is -2.28. The summed E-state index contributed by atoms with van der Waals surface area (Å²) in [6.45, 7) is 9.90. The first-order valence-electron chi connectivity index (χ1n) is 7.44. The predicted octanol–water partition coefficient (Wildman–Crippen LogP) is 4.47. The summed E-state index contributed by atoms with van der Waals surface area (Å²) in [7, 11) is 0. The monoisotopic (exact) mass is 277 g/mol. The Kier molecular flexibility index (Phi) is 5.83. The fourth-order valence-electron chi connectivity index (χ4n) is 2.47. The minimum Gasteiger partial charge on any atom is -0.371 e. The minimum absolute atomic E-state index is 1.04. The third kappa shape index (κ3) is 4.64. The molecular weight excluding hydrogens is 254 g/mol. The van der Waals surface area contributed by atoms with Crippen molar-refractivity contribution in [3.63, 3.8) is 0 Å². The van der Waals surface area contributed by atoms with Gasteiger partial charge in [0.05, 0.1) is 0 Å². The van der Waals surface area contributed by atoms with Gasteiger partial charge < -0.3 is 4.90 Å². The molecule has 0 fully saturated rings. The van der Waals surface area contributed by atoms with Crippen LogP contribution in [0.2, 0.25) is 0 Å². The van der Waals surface area contributed by atoms with Gasteiger partial charge in [0.15, 0.2) is 0 Å². The molecule has 0 unspecified atom stereocenters. The van der Waals surface area contributed by atoms with Crippen LogP contribution in [-0.4, -0.2) is 18.0 Å². The van der Waals surface area contributed by atoms with Crippen molar-refractivity contribution < 1.29 is 0 Å². The van der Waals surface area contributed by atoms with Crippen molar-refractivity contribution in [2.45, 2.75) is 12.8 Å². The molecule has 3 rings (SSSR count). The first kappa shape index (κ1) is 15.1. The average molecular weight is 277 g/mol. The number of hydrogen-bond acceptors (Lipinski definition) is 1. The van der Waals surface area contributed by atoms with Crippen LogP contribution in [0.15, 0.2) is 85.6 Å². The van der Waals surface area contributed by atoms with E-state index in [1.165, 1.54) is 11.1 Å². The van der Waals surface area contributed by atoms with Crippen molar-refractivity contribution in [1.29, 1.82) is 0 Å². The molecule has 0 radical (unpaired) electrons. The van der Waals surface area contributed by atoms with Crippen molar-refractivity contribution in [1.82, 2.24) is 4.90 Å². The second kappa shape index (κ2) is 8.11. The van der Waals surface area contributed by atoms with Gasteiger partial charge in [0, 0.05) is 18.8 Å². The van der Waals surface area contributed by atoms with Crippen LogP contribution in [0.25, 0.3) is 0 Å². The van der Waals surface area contributed by atoms with Gasteiger partial charge in [0.2, 0.25) is 0 Å². The van der Waals surface area contributed by atoms with Crippen molar-refractivity contribution in [2.75, 3.05) is 13.1 Å². The molecule has 0 N–H and O–H groups in total. The number of hydrogen-bond donors (Lipinski definition) is 0. The summed E-state index contributed by atoms with van der Waals surface area (Å²) in [4.78, 5) is 2.31. The fourth-order valence-corrected chi connectivity index (χ4v) is 2.47. The summed E-state index contributed by atoms with van der Waals surface area (Å²) < 4.78 is 0. The van der Waals surface area contributed by atoms with E-state index in [2.05, 4.69) is 42.3 Å². The minimum atomic E-state index is 1.04. The van der Waals surface area contributed by atoms with E-state index in [0.717, 1.165) is 31.6 Å². The van der Waals surface area contributed by atoms with Gasteiger partial charge in [-0.1, -0.05) is 73.8 Å². The summed E-state index contributed by atoms with van der Waals surface area (Å²) >= 11 is 0. The highest BCUT2D eigenvalue weighted by Gasteiger charge is 2.12. The smallest absolute Gasteiger partial charge is 0.0287 e. The van der Waals surface area contributed by atoms with Crippen LogP contribution in [0.5, 0.6) is 0 Å². The quantitative estimate of drug-likeness (QED) is 0.732. The summed E-state index contributed by atoms with van der Waals surface area (Å²) in [5.41, 5.74) is 4.01. The maximum atomic E-state index is 4.01. The number of fused-ring (bicyclic) bond motifs is 1. The van der Waals surface area contributed by atoms with Gasteiger partial charge in [0.25, 0.3) is 0 Å². The summed E-state index contributed by atoms with van der Waals surface area (Å²) in [6.07, 6.45) is 4.07. The van der Waals surface area contributed by atoms with Crippen LogP contribution in [0.1, 0.15) is 11.1 Å². The zero-order valence-electron chi connectivity index (χ0n) is 12.5. The second-order valence-corrected chi connectivity index (χ2v) is 5.11. The highest BCUT2D eigenvalue weighted by Crippen LogP contribution is 2.17. The van der Waals surface area contributed by atoms with E-state index in [1.807, 2.05) is 42.5 Å². The first-order chi connectivity index (χ1) is 10.3. The topological polar surface area (TPSA) is 3.24 Å². The van der Waals surface area contributed by atoms with E-state index < -0.39 is 0 Å². The third-order valence-electron chi connectivity index (χ3n) is 3.73. The van der Waals surface area contributed by atoms with Gasteiger partial charge in [-0.15, -0.1) is 0 Å². The number of rotatable bonds is 2. The Morgan fingerprint density at radius 1 is 0.810 bits per heavy atom. The van der Waals surface area contributed by atoms with Crippen LogP contribution in [0, 0.1) is 0 Å². The predicted molar refractivity (Wildman–Crippen MR) is 91.2 cm³/mol. The number of benzene rings is 2. The zero-order valence-corrected chi connectivity index (χ0v) is 12.5. The molecule has 108 valence electrons. The van der Waals surface area contributed by atoms with Crippen molar-refractivity contribution in [3.05, 3.63) is 96.7 Å². The molecule has 0 amide bonds. The Balaban J connectivity index is 0.000000225. The van der Waals surface area contributed by atoms with Crippen LogP contribution >= 0.6 is 0 Å². The normalized spacial score (nSPS) is 13.2. The van der Waals surface area contributed by atoms with Crippen molar-refractivity contribution >= 4 is 0 Å². The van der Waals surface area contributed by atoms with Gasteiger partial charge >= 0.3 is 0 Å². The molecule has 1 nitrogen and oxygen atoms in total. The molecule has 0 aromatic heterocycles. The van der Waals surface area contributed by atoms with E-state index >= 15 is 0 Å². The Bertz CT molecular complexity index is 518. The molecule has 1 heteroatoms. The molecule has 1 aliphatic rings. The van der Waals surface area contributed by atoms with Gasteiger partial charge in [-0.05, 0) is 30.0 Å². The number of nitrogens with zero attached hydrogens (tertiary/aromatic N) is 1. The van der Waals surface area contributed by atoms with E-state index in [-0.39, 0.29) is 0 Å². The Morgan fingerprint density at radius 3 is 1.62 bits per heavy atom. The standard InChI is InChI=1S/C14H17N.C6H6/c1-3-12(2)15-10-8-13-6-4-5-7-14(13)9-11-15;1-2-4-6-5-3-1/h3-7H,1-2,8-11H2;1-6H. The van der Waals surface area contributed by atoms with Crippen LogP contribution in [0.3, 0.4) is 0 Å². The molecular formula is C20H23N. The lowest BCUT2D eigenvalue weighted by Gasteiger charge is -2.22. The third-order valence-corrected chi connectivity index (χ3v) is 3.73. The van der Waals surface area contributed by atoms with Gasteiger partial charge in [-0.2, -0.15) is 0 Å². The van der Waals surface area contributed by atoms with Crippen LogP contribution in [0.4, 0.5) is 0 Å². The average Bonchev–Trinajstić information content (AvgIpc) is 2.79. The van der Waals surface area contributed by atoms with E-state index in [1.54, 1.807) is 0 Å². The SMILES string of the molecule is C=CC(=C)N1CCc2ccccc2CC1.c1ccccc1. The highest BCUT2D eigenvalue weighted by atomic mass is 15.1. The fraction of sp³-hybridized carbons (Fsp3) is 0.200. The molecule has 0 saturated heterocycles. The summed E-state index contributed by atoms with van der Waals surface area (Å²) in [6, 6.07) is 20.7. The molecule has 21 heavy (non-hydrogen) atoms. The molecule has 2 aromatic carbocycles. The number of allylic oxidation sites excluding steroid dienone is 1. The molecule has 0 saturated carbocycles. The second-order valence-electron chi connectivity index (χ2n) is 5.11. The van der Waals surface area contributed by atoms with Gasteiger partial charge in [-0.3, -0.25) is 0 Å². The molecule has 1 aliphatic heterocycles. The molecule has 0 bridgehead atoms. The summed E-state index contributed by atoms with van der Waals surface area (Å²) in [5.74, 6) is 0. The van der Waals surface area contributed by atoms with Crippen molar-refractivity contribution in [3.8, 4) is 0 Å². The molecule has 0 aliphatic carbocycles. The largest absolute Gasteiger partial charge is 0.371 e. The maximum absolute atomic E-state index is 4.01. The van der Waals surface area contributed by atoms with Gasteiger partial charge in [0.1, 0.15) is 0 Å². The van der Waals surface area contributed by atoms with E-state index in [0.29, 0.717) is 0 Å².